The van der Waals surface area contributed by atoms with Gasteiger partial charge in [0.2, 0.25) is 0 Å². The minimum Gasteiger partial charge on any atom is -0.399 e. The van der Waals surface area contributed by atoms with Gasteiger partial charge < -0.3 is 15.6 Å². The number of aromatic nitrogens is 2. The third-order valence-electron chi connectivity index (χ3n) is 4.71. The minimum absolute atomic E-state index is 0.0605. The zero-order valence-electron chi connectivity index (χ0n) is 13.4. The number of hydrogen-bond donors (Lipinski definition) is 2. The molecule has 1 aliphatic rings. The number of nitrogen functional groups attached to an aromatic ring is 1. The lowest BCUT2D eigenvalue weighted by atomic mass is 9.95. The quantitative estimate of drug-likeness (QED) is 0.712. The fourth-order valence-electron chi connectivity index (χ4n) is 3.38. The number of imidazole rings is 1. The topological polar surface area (TPSA) is 75.0 Å². The number of nitrogens with zero attached hydrogens (tertiary/aromatic N) is 2. The van der Waals surface area contributed by atoms with Crippen molar-refractivity contribution in [3.8, 4) is 0 Å². The van der Waals surface area contributed by atoms with Crippen LogP contribution in [0.25, 0.3) is 11.0 Å². The van der Waals surface area contributed by atoms with Crippen LogP contribution in [0.15, 0.2) is 48.5 Å². The van der Waals surface area contributed by atoms with Crippen molar-refractivity contribution in [3.05, 3.63) is 59.9 Å². The number of piperidine rings is 1. The monoisotopic (exact) mass is 320 g/mol. The maximum Gasteiger partial charge on any atom is 0.253 e. The van der Waals surface area contributed by atoms with E-state index >= 15 is 0 Å². The fourth-order valence-corrected chi connectivity index (χ4v) is 3.38. The largest absolute Gasteiger partial charge is 0.399 e. The van der Waals surface area contributed by atoms with Crippen LogP contribution in [0.5, 0.6) is 0 Å². The molecule has 0 bridgehead atoms. The van der Waals surface area contributed by atoms with Crippen molar-refractivity contribution in [1.82, 2.24) is 14.9 Å². The zero-order chi connectivity index (χ0) is 16.5. The molecule has 0 unspecified atom stereocenters. The van der Waals surface area contributed by atoms with Crippen molar-refractivity contribution < 1.29 is 4.79 Å². The zero-order valence-corrected chi connectivity index (χ0v) is 13.4. The summed E-state index contributed by atoms with van der Waals surface area (Å²) < 4.78 is 0. The number of H-pyrrole nitrogens is 1. The lowest BCUT2D eigenvalue weighted by molar-refractivity contribution is 0.0711. The van der Waals surface area contributed by atoms with Gasteiger partial charge in [-0.25, -0.2) is 4.98 Å². The number of aromatic amines is 1. The Hall–Kier alpha value is -2.82. The number of nitrogens with one attached hydrogen (secondary N) is 1. The highest BCUT2D eigenvalue weighted by molar-refractivity contribution is 5.95. The van der Waals surface area contributed by atoms with Crippen molar-refractivity contribution in [2.24, 2.45) is 0 Å². The molecule has 0 spiro atoms. The molecule has 24 heavy (non-hydrogen) atoms. The Morgan fingerprint density at radius 2 is 1.92 bits per heavy atom. The van der Waals surface area contributed by atoms with Gasteiger partial charge in [-0.3, -0.25) is 4.79 Å². The van der Waals surface area contributed by atoms with Crippen molar-refractivity contribution in [2.45, 2.75) is 18.8 Å². The van der Waals surface area contributed by atoms with E-state index < -0.39 is 0 Å². The minimum atomic E-state index is 0.0605. The van der Waals surface area contributed by atoms with Gasteiger partial charge in [0.15, 0.2) is 0 Å². The number of rotatable bonds is 2. The number of amides is 1. The summed E-state index contributed by atoms with van der Waals surface area (Å²) in [6.45, 7) is 1.49. The summed E-state index contributed by atoms with van der Waals surface area (Å²) in [5.41, 5.74) is 9.15. The molecule has 3 N–H and O–H groups in total. The van der Waals surface area contributed by atoms with Crippen LogP contribution in [0.2, 0.25) is 0 Å². The first-order valence-electron chi connectivity index (χ1n) is 8.30. The summed E-state index contributed by atoms with van der Waals surface area (Å²) in [5.74, 6) is 1.47. The van der Waals surface area contributed by atoms with Crippen molar-refractivity contribution in [2.75, 3.05) is 18.8 Å². The second-order valence-electron chi connectivity index (χ2n) is 6.33. The first-order chi connectivity index (χ1) is 11.7. The standard InChI is InChI=1S/C19H20N4O/c20-15-5-3-4-14(12-15)19(24)23-10-8-13(9-11-23)18-21-16-6-1-2-7-17(16)22-18/h1-7,12-13H,8-11,20H2,(H,21,22). The molecule has 4 rings (SSSR count). The third-order valence-corrected chi connectivity index (χ3v) is 4.71. The lowest BCUT2D eigenvalue weighted by Gasteiger charge is -2.31. The Morgan fingerprint density at radius 3 is 2.67 bits per heavy atom. The number of nitrogens with two attached hydrogens (primary N) is 1. The Labute approximate surface area is 140 Å². The molecule has 3 aromatic rings. The first kappa shape index (κ1) is 14.8. The normalized spacial score (nSPS) is 15.8. The number of fused-ring (bicyclic) bond motifs is 1. The van der Waals surface area contributed by atoms with Crippen LogP contribution >= 0.6 is 0 Å². The molecule has 0 radical (unpaired) electrons. The summed E-state index contributed by atoms with van der Waals surface area (Å²) in [6.07, 6.45) is 1.85. The van der Waals surface area contributed by atoms with Crippen molar-refractivity contribution in [3.63, 3.8) is 0 Å². The predicted octanol–water partition coefficient (Wildman–Crippen LogP) is 3.16. The highest BCUT2D eigenvalue weighted by Gasteiger charge is 2.26. The van der Waals surface area contributed by atoms with Crippen LogP contribution in [0.1, 0.15) is 34.9 Å². The Bertz CT molecular complexity index is 845. The number of carbonyl (C=O) groups excluding carboxylic acids is 1. The molecule has 0 atom stereocenters. The SMILES string of the molecule is Nc1cccc(C(=O)N2CCC(c3nc4ccccc4[nH]3)CC2)c1. The first-order valence-corrected chi connectivity index (χ1v) is 8.30. The van der Waals surface area contributed by atoms with Gasteiger partial charge in [0.05, 0.1) is 11.0 Å². The van der Waals surface area contributed by atoms with Gasteiger partial charge in [-0.2, -0.15) is 0 Å². The molecular weight excluding hydrogens is 300 g/mol. The fraction of sp³-hybridized carbons (Fsp3) is 0.263. The van der Waals surface area contributed by atoms with Gasteiger partial charge >= 0.3 is 0 Å². The van der Waals surface area contributed by atoms with Gasteiger partial charge in [-0.05, 0) is 43.2 Å². The van der Waals surface area contributed by atoms with E-state index in [1.807, 2.05) is 41.3 Å². The van der Waals surface area contributed by atoms with Crippen LogP contribution in [0.4, 0.5) is 5.69 Å². The lowest BCUT2D eigenvalue weighted by Crippen LogP contribution is -2.38. The predicted molar refractivity (Wildman–Crippen MR) is 94.8 cm³/mol. The molecule has 122 valence electrons. The molecule has 1 saturated heterocycles. The Kier molecular flexibility index (Phi) is 3.69. The maximum atomic E-state index is 12.6. The van der Waals surface area contributed by atoms with Crippen LogP contribution in [-0.2, 0) is 0 Å². The second kappa shape index (κ2) is 6.00. The second-order valence-corrected chi connectivity index (χ2v) is 6.33. The molecule has 1 aliphatic heterocycles. The van der Waals surface area contributed by atoms with Gasteiger partial charge in [0, 0.05) is 30.3 Å². The number of hydrogen-bond acceptors (Lipinski definition) is 3. The Morgan fingerprint density at radius 1 is 1.12 bits per heavy atom. The van der Waals surface area contributed by atoms with E-state index in [-0.39, 0.29) is 5.91 Å². The van der Waals surface area contributed by atoms with E-state index in [1.165, 1.54) is 0 Å². The molecule has 0 aliphatic carbocycles. The summed E-state index contributed by atoms with van der Waals surface area (Å²) in [4.78, 5) is 22.6. The molecule has 5 nitrogen and oxygen atoms in total. The molecule has 1 fully saturated rings. The van der Waals surface area contributed by atoms with E-state index in [4.69, 9.17) is 10.7 Å². The van der Waals surface area contributed by atoms with E-state index in [0.717, 1.165) is 42.8 Å². The van der Waals surface area contributed by atoms with E-state index in [2.05, 4.69) is 4.98 Å². The average molecular weight is 320 g/mol. The van der Waals surface area contributed by atoms with Gasteiger partial charge in [-0.1, -0.05) is 18.2 Å². The average Bonchev–Trinajstić information content (AvgIpc) is 3.05. The number of carbonyl (C=O) groups is 1. The van der Waals surface area contributed by atoms with Crippen LogP contribution < -0.4 is 5.73 Å². The van der Waals surface area contributed by atoms with Crippen molar-refractivity contribution >= 4 is 22.6 Å². The maximum absolute atomic E-state index is 12.6. The third kappa shape index (κ3) is 2.73. The number of likely N-dealkylation sites (tertiary alicyclic amines) is 1. The van der Waals surface area contributed by atoms with Gasteiger partial charge in [-0.15, -0.1) is 0 Å². The van der Waals surface area contributed by atoms with Gasteiger partial charge in [0.25, 0.3) is 5.91 Å². The molecule has 0 saturated carbocycles. The van der Waals surface area contributed by atoms with Gasteiger partial charge in [0.1, 0.15) is 5.82 Å². The van der Waals surface area contributed by atoms with E-state index in [9.17, 15) is 4.79 Å². The van der Waals surface area contributed by atoms with Crippen LogP contribution in [0, 0.1) is 0 Å². The number of para-hydroxylation sites is 2. The number of benzene rings is 2. The number of anilines is 1. The molecule has 2 aromatic carbocycles. The summed E-state index contributed by atoms with van der Waals surface area (Å²) in [5, 5.41) is 0. The molecule has 1 aromatic heterocycles. The molecule has 2 heterocycles. The highest BCUT2D eigenvalue weighted by Crippen LogP contribution is 2.28. The molecular formula is C19H20N4O. The van der Waals surface area contributed by atoms with E-state index in [0.29, 0.717) is 17.2 Å². The van der Waals surface area contributed by atoms with Crippen LogP contribution in [0.3, 0.4) is 0 Å². The summed E-state index contributed by atoms with van der Waals surface area (Å²) in [6, 6.07) is 15.3. The van der Waals surface area contributed by atoms with Crippen LogP contribution in [-0.4, -0.2) is 33.9 Å². The molecule has 5 heteroatoms. The molecule has 1 amide bonds. The summed E-state index contributed by atoms with van der Waals surface area (Å²) >= 11 is 0. The smallest absolute Gasteiger partial charge is 0.253 e. The summed E-state index contributed by atoms with van der Waals surface area (Å²) in [7, 11) is 0. The van der Waals surface area contributed by atoms with E-state index in [1.54, 1.807) is 12.1 Å². The highest BCUT2D eigenvalue weighted by atomic mass is 16.2. The van der Waals surface area contributed by atoms with Crippen molar-refractivity contribution in [1.29, 1.82) is 0 Å². The Balaban J connectivity index is 1.45.